The van der Waals surface area contributed by atoms with Crippen molar-refractivity contribution in [3.8, 4) is 0 Å². The Morgan fingerprint density at radius 2 is 1.96 bits per heavy atom. The van der Waals surface area contributed by atoms with E-state index in [1.54, 1.807) is 0 Å². The molecule has 5 heteroatoms. The molecule has 1 aromatic rings. The normalized spacial score (nSPS) is 24.5. The van der Waals surface area contributed by atoms with E-state index in [9.17, 15) is 4.79 Å². The van der Waals surface area contributed by atoms with Crippen LogP contribution >= 0.6 is 0 Å². The van der Waals surface area contributed by atoms with Gasteiger partial charge in [-0.1, -0.05) is 6.07 Å². The third-order valence-electron chi connectivity index (χ3n) is 6.59. The van der Waals surface area contributed by atoms with E-state index < -0.39 is 0 Å². The Morgan fingerprint density at radius 1 is 1.19 bits per heavy atom. The van der Waals surface area contributed by atoms with Crippen LogP contribution in [0.1, 0.15) is 49.9 Å². The maximum Gasteiger partial charge on any atom is 0.223 e. The summed E-state index contributed by atoms with van der Waals surface area (Å²) in [6, 6.07) is 6.10. The third kappa shape index (κ3) is 3.79. The van der Waals surface area contributed by atoms with Gasteiger partial charge in [-0.15, -0.1) is 0 Å². The van der Waals surface area contributed by atoms with Crippen molar-refractivity contribution < 1.29 is 9.53 Å². The fourth-order valence-electron chi connectivity index (χ4n) is 4.95. The van der Waals surface area contributed by atoms with Gasteiger partial charge < -0.3 is 14.5 Å². The number of carbonyl (C=O) groups excluding carboxylic acids is 1. The Labute approximate surface area is 156 Å². The van der Waals surface area contributed by atoms with Crippen molar-refractivity contribution in [1.82, 2.24) is 14.8 Å². The second-order valence-electron chi connectivity index (χ2n) is 8.33. The zero-order valence-corrected chi connectivity index (χ0v) is 16.0. The Balaban J connectivity index is 1.38. The van der Waals surface area contributed by atoms with Crippen molar-refractivity contribution in [3.05, 3.63) is 29.6 Å². The molecule has 0 saturated carbocycles. The molecule has 0 atom stereocenters. The monoisotopic (exact) mass is 357 g/mol. The number of pyridine rings is 1. The highest BCUT2D eigenvalue weighted by atomic mass is 16.5. The van der Waals surface area contributed by atoms with Crippen molar-refractivity contribution in [2.45, 2.75) is 57.5 Å². The standard InChI is InChI=1S/C21H31N3O2/c1-17-3-2-4-19(22-17)16-24-20(25)5-8-21(24)9-11-23(12-10-21)15-18-6-13-26-14-7-18/h2-4,18H,5-16H2,1H3. The summed E-state index contributed by atoms with van der Waals surface area (Å²) in [6.07, 6.45) is 6.33. The van der Waals surface area contributed by atoms with Crippen molar-refractivity contribution in [1.29, 1.82) is 0 Å². The van der Waals surface area contributed by atoms with Crippen LogP contribution < -0.4 is 0 Å². The fourth-order valence-corrected chi connectivity index (χ4v) is 4.95. The van der Waals surface area contributed by atoms with E-state index in [2.05, 4.69) is 14.8 Å². The van der Waals surface area contributed by atoms with Gasteiger partial charge in [0.25, 0.3) is 0 Å². The molecule has 3 aliphatic rings. The number of rotatable bonds is 4. The van der Waals surface area contributed by atoms with E-state index in [-0.39, 0.29) is 5.54 Å². The largest absolute Gasteiger partial charge is 0.381 e. The summed E-state index contributed by atoms with van der Waals surface area (Å²) in [4.78, 5) is 22.0. The lowest BCUT2D eigenvalue weighted by atomic mass is 9.84. The van der Waals surface area contributed by atoms with E-state index in [4.69, 9.17) is 4.74 Å². The summed E-state index contributed by atoms with van der Waals surface area (Å²) in [6.45, 7) is 7.96. The number of likely N-dealkylation sites (tertiary alicyclic amines) is 2. The molecule has 0 aliphatic carbocycles. The Hall–Kier alpha value is -1.46. The quantitative estimate of drug-likeness (QED) is 0.831. The Morgan fingerprint density at radius 3 is 2.69 bits per heavy atom. The molecular weight excluding hydrogens is 326 g/mol. The van der Waals surface area contributed by atoms with E-state index >= 15 is 0 Å². The van der Waals surface area contributed by atoms with Crippen LogP contribution in [0, 0.1) is 12.8 Å². The van der Waals surface area contributed by atoms with Crippen molar-refractivity contribution in [2.75, 3.05) is 32.8 Å². The predicted octanol–water partition coefficient (Wildman–Crippen LogP) is 2.77. The van der Waals surface area contributed by atoms with Gasteiger partial charge in [0.15, 0.2) is 0 Å². The lowest BCUT2D eigenvalue weighted by molar-refractivity contribution is -0.133. The number of nitrogens with zero attached hydrogens (tertiary/aromatic N) is 3. The molecule has 3 fully saturated rings. The van der Waals surface area contributed by atoms with Crippen LogP contribution in [0.5, 0.6) is 0 Å². The minimum absolute atomic E-state index is 0.0642. The number of hydrogen-bond acceptors (Lipinski definition) is 4. The summed E-state index contributed by atoms with van der Waals surface area (Å²) < 4.78 is 5.49. The van der Waals surface area contributed by atoms with Gasteiger partial charge in [-0.05, 0) is 57.1 Å². The second-order valence-corrected chi connectivity index (χ2v) is 8.33. The van der Waals surface area contributed by atoms with Crippen LogP contribution in [0.25, 0.3) is 0 Å². The van der Waals surface area contributed by atoms with Crippen molar-refractivity contribution in [3.63, 3.8) is 0 Å². The molecule has 26 heavy (non-hydrogen) atoms. The first-order valence-corrected chi connectivity index (χ1v) is 10.2. The minimum Gasteiger partial charge on any atom is -0.381 e. The molecule has 4 rings (SSSR count). The smallest absolute Gasteiger partial charge is 0.223 e. The van der Waals surface area contributed by atoms with Gasteiger partial charge in [0, 0.05) is 50.5 Å². The maximum absolute atomic E-state index is 12.6. The molecule has 1 amide bonds. The molecule has 142 valence electrons. The van der Waals surface area contributed by atoms with Gasteiger partial charge in [-0.2, -0.15) is 0 Å². The number of carbonyl (C=O) groups is 1. The number of hydrogen-bond donors (Lipinski definition) is 0. The minimum atomic E-state index is 0.0642. The summed E-state index contributed by atoms with van der Waals surface area (Å²) >= 11 is 0. The Bertz CT molecular complexity index is 634. The maximum atomic E-state index is 12.6. The van der Waals surface area contributed by atoms with Gasteiger partial charge in [0.2, 0.25) is 5.91 Å². The molecule has 0 aromatic carbocycles. The zero-order valence-electron chi connectivity index (χ0n) is 16.0. The first-order valence-electron chi connectivity index (χ1n) is 10.2. The van der Waals surface area contributed by atoms with E-state index in [0.717, 1.165) is 62.9 Å². The zero-order chi connectivity index (χ0) is 18.0. The average Bonchev–Trinajstić information content (AvgIpc) is 2.94. The van der Waals surface area contributed by atoms with Crippen LogP contribution in [0.3, 0.4) is 0 Å². The molecule has 4 heterocycles. The molecule has 0 bridgehead atoms. The fraction of sp³-hybridized carbons (Fsp3) is 0.714. The molecule has 1 aromatic heterocycles. The summed E-state index contributed by atoms with van der Waals surface area (Å²) in [5.74, 6) is 1.10. The van der Waals surface area contributed by atoms with Crippen LogP contribution in [-0.4, -0.2) is 59.1 Å². The molecule has 3 aliphatic heterocycles. The van der Waals surface area contributed by atoms with Gasteiger partial charge in [-0.25, -0.2) is 0 Å². The van der Waals surface area contributed by atoms with Gasteiger partial charge in [0.05, 0.1) is 12.2 Å². The van der Waals surface area contributed by atoms with Crippen molar-refractivity contribution in [2.24, 2.45) is 5.92 Å². The molecule has 0 N–H and O–H groups in total. The highest BCUT2D eigenvalue weighted by Crippen LogP contribution is 2.40. The first kappa shape index (κ1) is 17.9. The first-order chi connectivity index (χ1) is 12.6. The van der Waals surface area contributed by atoms with Crippen LogP contribution in [0.4, 0.5) is 0 Å². The molecule has 5 nitrogen and oxygen atoms in total. The van der Waals surface area contributed by atoms with E-state index in [1.807, 2.05) is 25.1 Å². The second kappa shape index (κ2) is 7.65. The van der Waals surface area contributed by atoms with Gasteiger partial charge in [-0.3, -0.25) is 9.78 Å². The van der Waals surface area contributed by atoms with Gasteiger partial charge >= 0.3 is 0 Å². The summed E-state index contributed by atoms with van der Waals surface area (Å²) in [5, 5.41) is 0. The number of aromatic nitrogens is 1. The Kier molecular flexibility index (Phi) is 5.28. The highest BCUT2D eigenvalue weighted by molar-refractivity contribution is 5.79. The predicted molar refractivity (Wildman–Crippen MR) is 101 cm³/mol. The van der Waals surface area contributed by atoms with Gasteiger partial charge in [0.1, 0.15) is 0 Å². The third-order valence-corrected chi connectivity index (χ3v) is 6.59. The molecular formula is C21H31N3O2. The number of amides is 1. The molecule has 1 spiro atoms. The number of piperidine rings is 1. The SMILES string of the molecule is Cc1cccc(CN2C(=O)CCC23CCN(CC2CCOCC2)CC3)n1. The molecule has 0 radical (unpaired) electrons. The average molecular weight is 357 g/mol. The molecule has 0 unspecified atom stereocenters. The summed E-state index contributed by atoms with van der Waals surface area (Å²) in [5.41, 5.74) is 2.10. The topological polar surface area (TPSA) is 45.7 Å². The highest BCUT2D eigenvalue weighted by Gasteiger charge is 2.46. The lowest BCUT2D eigenvalue weighted by Crippen LogP contribution is -2.53. The summed E-state index contributed by atoms with van der Waals surface area (Å²) in [7, 11) is 0. The molecule has 3 saturated heterocycles. The van der Waals surface area contributed by atoms with Crippen LogP contribution in [0.2, 0.25) is 0 Å². The van der Waals surface area contributed by atoms with E-state index in [1.165, 1.54) is 19.4 Å². The number of aryl methyl sites for hydroxylation is 1. The lowest BCUT2D eigenvalue weighted by Gasteiger charge is -2.45. The van der Waals surface area contributed by atoms with Crippen LogP contribution in [0.15, 0.2) is 18.2 Å². The van der Waals surface area contributed by atoms with Crippen molar-refractivity contribution >= 4 is 5.91 Å². The number of ether oxygens (including phenoxy) is 1. The van der Waals surface area contributed by atoms with E-state index in [0.29, 0.717) is 18.9 Å². The van der Waals surface area contributed by atoms with Crippen LogP contribution in [-0.2, 0) is 16.1 Å².